The highest BCUT2D eigenvalue weighted by molar-refractivity contribution is 7.18. The van der Waals surface area contributed by atoms with Crippen LogP contribution in [-0.4, -0.2) is 48.9 Å². The maximum atomic E-state index is 12.4. The molecule has 8 heteroatoms. The highest BCUT2D eigenvalue weighted by atomic mass is 32.1. The van der Waals surface area contributed by atoms with Crippen LogP contribution in [0.25, 0.3) is 0 Å². The van der Waals surface area contributed by atoms with Crippen LogP contribution in [0.15, 0.2) is 6.07 Å². The topological polar surface area (TPSA) is 102 Å². The maximum Gasteiger partial charge on any atom is 0.340 e. The summed E-state index contributed by atoms with van der Waals surface area (Å²) < 4.78 is 4.61. The second-order valence-corrected chi connectivity index (χ2v) is 5.90. The molecule has 0 radical (unpaired) electrons. The molecule has 0 spiro atoms. The summed E-state index contributed by atoms with van der Waals surface area (Å²) >= 11 is 1.07. The van der Waals surface area contributed by atoms with Crippen LogP contribution in [0.5, 0.6) is 0 Å². The van der Waals surface area contributed by atoms with E-state index in [1.54, 1.807) is 4.90 Å². The Hall–Kier alpha value is -2.09. The highest BCUT2D eigenvalue weighted by Crippen LogP contribution is 2.27. The molecule has 1 atom stereocenters. The van der Waals surface area contributed by atoms with Gasteiger partial charge in [0, 0.05) is 26.1 Å². The Morgan fingerprint density at radius 1 is 1.48 bits per heavy atom. The Morgan fingerprint density at radius 2 is 2.19 bits per heavy atom. The van der Waals surface area contributed by atoms with Crippen LogP contribution in [0.2, 0.25) is 0 Å². The quantitative estimate of drug-likeness (QED) is 0.790. The number of nitrogens with two attached hydrogens (primary N) is 1. The molecule has 2 amide bonds. The molecule has 1 fully saturated rings. The van der Waals surface area contributed by atoms with Crippen molar-refractivity contribution in [2.45, 2.75) is 19.4 Å². The molecule has 1 saturated heterocycles. The van der Waals surface area contributed by atoms with Gasteiger partial charge in [0.25, 0.3) is 5.91 Å². The lowest BCUT2D eigenvalue weighted by molar-refractivity contribution is -0.119. The summed E-state index contributed by atoms with van der Waals surface area (Å²) in [7, 11) is 1.26. The molecule has 1 unspecified atom stereocenters. The summed E-state index contributed by atoms with van der Waals surface area (Å²) in [6, 6.07) is 1.43. The molecule has 1 aromatic rings. The van der Waals surface area contributed by atoms with Gasteiger partial charge in [-0.25, -0.2) is 4.79 Å². The SMILES string of the molecule is COC(=O)c1cc(C(=O)N2CCC(NC(C)=O)C2)sc1N. The lowest BCUT2D eigenvalue weighted by atomic mass is 10.2. The number of nitrogen functional groups attached to an aromatic ring is 1. The second-order valence-electron chi connectivity index (χ2n) is 4.82. The zero-order valence-corrected chi connectivity index (χ0v) is 12.7. The lowest BCUT2D eigenvalue weighted by Crippen LogP contribution is -2.37. The predicted octanol–water partition coefficient (Wildman–Crippen LogP) is 0.467. The summed E-state index contributed by atoms with van der Waals surface area (Å²) in [5.74, 6) is -0.849. The average Bonchev–Trinajstić information content (AvgIpc) is 3.03. The van der Waals surface area contributed by atoms with Crippen LogP contribution < -0.4 is 11.1 Å². The van der Waals surface area contributed by atoms with E-state index < -0.39 is 5.97 Å². The minimum absolute atomic E-state index is 0.0242. The number of hydrogen-bond acceptors (Lipinski definition) is 6. The van der Waals surface area contributed by atoms with E-state index in [1.807, 2.05) is 0 Å². The first kappa shape index (κ1) is 15.3. The van der Waals surface area contributed by atoms with Gasteiger partial charge < -0.3 is 20.7 Å². The zero-order chi connectivity index (χ0) is 15.6. The Balaban J connectivity index is 2.08. The van der Waals surface area contributed by atoms with Crippen molar-refractivity contribution in [1.82, 2.24) is 10.2 Å². The van der Waals surface area contributed by atoms with Gasteiger partial charge >= 0.3 is 5.97 Å². The average molecular weight is 311 g/mol. The minimum atomic E-state index is -0.555. The van der Waals surface area contributed by atoms with Crippen LogP contribution in [0, 0.1) is 0 Å². The lowest BCUT2D eigenvalue weighted by Gasteiger charge is -2.15. The molecule has 0 saturated carbocycles. The number of ether oxygens (including phenoxy) is 1. The van der Waals surface area contributed by atoms with Gasteiger partial charge in [0.1, 0.15) is 5.00 Å². The van der Waals surface area contributed by atoms with Gasteiger partial charge in [-0.1, -0.05) is 0 Å². The van der Waals surface area contributed by atoms with Gasteiger partial charge in [0.2, 0.25) is 5.91 Å². The molecule has 0 bridgehead atoms. The van der Waals surface area contributed by atoms with E-state index >= 15 is 0 Å². The molecule has 1 aliphatic rings. The molecular formula is C13H17N3O4S. The summed E-state index contributed by atoms with van der Waals surface area (Å²) in [6.07, 6.45) is 0.718. The van der Waals surface area contributed by atoms with Crippen LogP contribution in [0.1, 0.15) is 33.4 Å². The Kier molecular flexibility index (Phi) is 4.46. The third kappa shape index (κ3) is 3.33. The van der Waals surface area contributed by atoms with E-state index in [1.165, 1.54) is 20.1 Å². The fourth-order valence-electron chi connectivity index (χ4n) is 2.29. The minimum Gasteiger partial charge on any atom is -0.465 e. The van der Waals surface area contributed by atoms with Crippen LogP contribution in [0.4, 0.5) is 5.00 Å². The van der Waals surface area contributed by atoms with Crippen molar-refractivity contribution in [3.05, 3.63) is 16.5 Å². The third-order valence-electron chi connectivity index (χ3n) is 3.26. The van der Waals surface area contributed by atoms with Crippen molar-refractivity contribution >= 4 is 34.1 Å². The summed E-state index contributed by atoms with van der Waals surface area (Å²) in [4.78, 5) is 36.9. The van der Waals surface area contributed by atoms with E-state index in [2.05, 4.69) is 10.1 Å². The van der Waals surface area contributed by atoms with Crippen LogP contribution >= 0.6 is 11.3 Å². The van der Waals surface area contributed by atoms with Crippen LogP contribution in [0.3, 0.4) is 0 Å². The van der Waals surface area contributed by atoms with Gasteiger partial charge in [0.15, 0.2) is 0 Å². The number of amides is 2. The fourth-order valence-corrected chi connectivity index (χ4v) is 3.17. The molecule has 1 aliphatic heterocycles. The molecule has 2 heterocycles. The number of nitrogens with one attached hydrogen (secondary N) is 1. The van der Waals surface area contributed by atoms with Gasteiger partial charge in [-0.05, 0) is 12.5 Å². The molecule has 1 aromatic heterocycles. The van der Waals surface area contributed by atoms with E-state index in [0.29, 0.717) is 18.0 Å². The van der Waals surface area contributed by atoms with E-state index in [-0.39, 0.29) is 28.4 Å². The normalized spacial score (nSPS) is 17.6. The van der Waals surface area contributed by atoms with Gasteiger partial charge in [0.05, 0.1) is 17.6 Å². The van der Waals surface area contributed by atoms with Gasteiger partial charge in [-0.15, -0.1) is 11.3 Å². The summed E-state index contributed by atoms with van der Waals surface area (Å²) in [5, 5.41) is 3.06. The van der Waals surface area contributed by atoms with Gasteiger partial charge in [-0.3, -0.25) is 9.59 Å². The first-order valence-corrected chi connectivity index (χ1v) is 7.28. The number of esters is 1. The Labute approximate surface area is 126 Å². The molecule has 114 valence electrons. The Morgan fingerprint density at radius 3 is 2.81 bits per heavy atom. The third-order valence-corrected chi connectivity index (χ3v) is 4.21. The molecule has 21 heavy (non-hydrogen) atoms. The first-order chi connectivity index (χ1) is 9.92. The largest absolute Gasteiger partial charge is 0.465 e. The van der Waals surface area contributed by atoms with Crippen LogP contribution in [-0.2, 0) is 9.53 Å². The van der Waals surface area contributed by atoms with Crippen molar-refractivity contribution < 1.29 is 19.1 Å². The number of methoxy groups -OCH3 is 1. The van der Waals surface area contributed by atoms with E-state index in [4.69, 9.17) is 5.73 Å². The summed E-state index contributed by atoms with van der Waals surface area (Å²) in [5.41, 5.74) is 5.95. The van der Waals surface area contributed by atoms with Crippen molar-refractivity contribution in [2.24, 2.45) is 0 Å². The monoisotopic (exact) mass is 311 g/mol. The number of thiophene rings is 1. The number of rotatable bonds is 3. The molecule has 0 aromatic carbocycles. The second kappa shape index (κ2) is 6.13. The fraction of sp³-hybridized carbons (Fsp3) is 0.462. The van der Waals surface area contributed by atoms with Crippen molar-refractivity contribution in [2.75, 3.05) is 25.9 Å². The van der Waals surface area contributed by atoms with Gasteiger partial charge in [-0.2, -0.15) is 0 Å². The number of hydrogen-bond donors (Lipinski definition) is 2. The van der Waals surface area contributed by atoms with E-state index in [0.717, 1.165) is 17.8 Å². The molecular weight excluding hydrogens is 294 g/mol. The predicted molar refractivity (Wildman–Crippen MR) is 78.2 cm³/mol. The van der Waals surface area contributed by atoms with Crippen molar-refractivity contribution in [3.63, 3.8) is 0 Å². The summed E-state index contributed by atoms with van der Waals surface area (Å²) in [6.45, 7) is 2.48. The Bertz CT molecular complexity index is 584. The smallest absolute Gasteiger partial charge is 0.340 e. The molecule has 0 aliphatic carbocycles. The maximum absolute atomic E-state index is 12.4. The zero-order valence-electron chi connectivity index (χ0n) is 11.8. The highest BCUT2D eigenvalue weighted by Gasteiger charge is 2.29. The van der Waals surface area contributed by atoms with Crippen molar-refractivity contribution in [3.8, 4) is 0 Å². The van der Waals surface area contributed by atoms with Crippen molar-refractivity contribution in [1.29, 1.82) is 0 Å². The number of carbonyl (C=O) groups excluding carboxylic acids is 3. The standard InChI is InChI=1S/C13H17N3O4S/c1-7(17)15-8-3-4-16(6-8)12(18)10-5-9(11(14)21-10)13(19)20-2/h5,8H,3-4,6,14H2,1-2H3,(H,15,17). The molecule has 7 nitrogen and oxygen atoms in total. The molecule has 2 rings (SSSR count). The van der Waals surface area contributed by atoms with E-state index in [9.17, 15) is 14.4 Å². The number of likely N-dealkylation sites (tertiary alicyclic amines) is 1. The number of carbonyl (C=O) groups is 3. The first-order valence-electron chi connectivity index (χ1n) is 6.46. The number of nitrogens with zero attached hydrogens (tertiary/aromatic N) is 1. The number of anilines is 1. The molecule has 3 N–H and O–H groups in total.